The molecule has 2 N–H and O–H groups in total. The van der Waals surface area contributed by atoms with E-state index < -0.39 is 14.1 Å². The van der Waals surface area contributed by atoms with Gasteiger partial charge in [-0.25, -0.2) is 9.97 Å². The number of hydrogen-bond acceptors (Lipinski definition) is 6. The maximum atomic E-state index is 6.45. The van der Waals surface area contributed by atoms with Crippen molar-refractivity contribution in [3.8, 4) is 0 Å². The fourth-order valence-corrected chi connectivity index (χ4v) is 4.88. The molecule has 0 saturated carbocycles. The highest BCUT2D eigenvalue weighted by molar-refractivity contribution is 6.74. The summed E-state index contributed by atoms with van der Waals surface area (Å²) in [6.45, 7) is 16.3. The molecule has 2 atom stereocenters. The molecule has 1 aliphatic rings. The third-order valence-corrected chi connectivity index (χ3v) is 11.4. The fourth-order valence-electron chi connectivity index (χ4n) is 3.86. The molecule has 0 aliphatic carbocycles. The van der Waals surface area contributed by atoms with Crippen LogP contribution in [0.25, 0.3) is 17.1 Å². The predicted octanol–water partition coefficient (Wildman–Crippen LogP) is 6.13. The number of aromatic nitrogens is 3. The van der Waals surface area contributed by atoms with Gasteiger partial charge in [-0.15, -0.1) is 0 Å². The quantitative estimate of drug-likeness (QED) is 0.367. The third-order valence-electron chi connectivity index (χ3n) is 6.90. The Hall–Kier alpha value is -2.52. The summed E-state index contributed by atoms with van der Waals surface area (Å²) in [6.07, 6.45) is 7.26. The second kappa shape index (κ2) is 9.85. The molecule has 35 heavy (non-hydrogen) atoms. The Kier molecular flexibility index (Phi) is 7.20. The highest BCUT2D eigenvalue weighted by atomic mass is 28.4. The standard InChI is InChI=1S/C27H38N4O3Si/c1-26(2,3)35(6,7)32-17-22-21(33-27(4,5)34-22)14-13-20-16-28-24-23(20)30-18-31-25(24)29-15-19-11-9-8-10-12-19/h8-14,16,18,21-22,28H,15,17H2,1-7H3,(H,29,30,31)/b14-13+/t21-,22+/m0/s1. The summed E-state index contributed by atoms with van der Waals surface area (Å²) in [7, 11) is -1.89. The summed E-state index contributed by atoms with van der Waals surface area (Å²) in [4.78, 5) is 12.3. The minimum atomic E-state index is -1.89. The Morgan fingerprint density at radius 1 is 1.14 bits per heavy atom. The maximum Gasteiger partial charge on any atom is 0.192 e. The smallest absolute Gasteiger partial charge is 0.192 e. The summed E-state index contributed by atoms with van der Waals surface area (Å²) < 4.78 is 18.9. The zero-order valence-corrected chi connectivity index (χ0v) is 22.9. The molecule has 7 nitrogen and oxygen atoms in total. The normalized spacial score (nSPS) is 20.7. The number of aromatic amines is 1. The number of anilines is 1. The molecule has 1 aliphatic heterocycles. The summed E-state index contributed by atoms with van der Waals surface area (Å²) in [5.41, 5.74) is 3.91. The van der Waals surface area contributed by atoms with Crippen LogP contribution in [0.1, 0.15) is 45.7 Å². The van der Waals surface area contributed by atoms with Gasteiger partial charge in [-0.2, -0.15) is 0 Å². The molecule has 1 fully saturated rings. The predicted molar refractivity (Wildman–Crippen MR) is 144 cm³/mol. The van der Waals surface area contributed by atoms with Gasteiger partial charge in [0.15, 0.2) is 19.9 Å². The lowest BCUT2D eigenvalue weighted by Gasteiger charge is -2.37. The van der Waals surface area contributed by atoms with Gasteiger partial charge in [0.2, 0.25) is 0 Å². The summed E-state index contributed by atoms with van der Waals surface area (Å²) in [6, 6.07) is 10.3. The van der Waals surface area contributed by atoms with Gasteiger partial charge in [0, 0.05) is 18.3 Å². The number of rotatable bonds is 8. The number of hydrogen-bond donors (Lipinski definition) is 2. The third kappa shape index (κ3) is 6.01. The first-order valence-corrected chi connectivity index (χ1v) is 15.1. The van der Waals surface area contributed by atoms with Crippen molar-refractivity contribution in [2.75, 3.05) is 11.9 Å². The van der Waals surface area contributed by atoms with Crippen LogP contribution < -0.4 is 5.32 Å². The van der Waals surface area contributed by atoms with Crippen molar-refractivity contribution in [1.82, 2.24) is 15.0 Å². The molecule has 0 radical (unpaired) electrons. The monoisotopic (exact) mass is 494 g/mol. The van der Waals surface area contributed by atoms with Gasteiger partial charge in [0.25, 0.3) is 0 Å². The van der Waals surface area contributed by atoms with Crippen molar-refractivity contribution in [3.05, 3.63) is 60.1 Å². The second-order valence-corrected chi connectivity index (χ2v) is 15.9. The van der Waals surface area contributed by atoms with Crippen LogP contribution in [0, 0.1) is 0 Å². The molecule has 3 aromatic rings. The van der Waals surface area contributed by atoms with Crippen LogP contribution >= 0.6 is 0 Å². The first kappa shape index (κ1) is 25.6. The highest BCUT2D eigenvalue weighted by Crippen LogP contribution is 2.38. The lowest BCUT2D eigenvalue weighted by atomic mass is 10.1. The maximum absolute atomic E-state index is 6.45. The molecule has 2 aromatic heterocycles. The molecular weight excluding hydrogens is 456 g/mol. The molecule has 4 rings (SSSR count). The van der Waals surface area contributed by atoms with Gasteiger partial charge in [0.05, 0.1) is 6.61 Å². The van der Waals surface area contributed by atoms with Crippen molar-refractivity contribution in [2.45, 2.75) is 77.3 Å². The van der Waals surface area contributed by atoms with E-state index in [1.54, 1.807) is 6.33 Å². The number of nitrogens with one attached hydrogen (secondary N) is 2. The molecule has 0 amide bonds. The van der Waals surface area contributed by atoms with E-state index >= 15 is 0 Å². The van der Waals surface area contributed by atoms with E-state index in [4.69, 9.17) is 13.9 Å². The Labute approximate surface area is 209 Å². The molecule has 1 saturated heterocycles. The van der Waals surface area contributed by atoms with Crippen molar-refractivity contribution in [2.24, 2.45) is 0 Å². The second-order valence-electron chi connectivity index (χ2n) is 11.1. The van der Waals surface area contributed by atoms with Crippen LogP contribution in [-0.4, -0.2) is 47.9 Å². The van der Waals surface area contributed by atoms with E-state index in [-0.39, 0.29) is 17.2 Å². The van der Waals surface area contributed by atoms with E-state index in [0.29, 0.717) is 13.2 Å². The topological polar surface area (TPSA) is 81.3 Å². The first-order chi connectivity index (χ1) is 16.5. The van der Waals surface area contributed by atoms with Gasteiger partial charge in [-0.1, -0.05) is 63.3 Å². The molecule has 3 heterocycles. The molecular formula is C27H38N4O3Si. The van der Waals surface area contributed by atoms with Crippen molar-refractivity contribution < 1.29 is 13.9 Å². The number of fused-ring (bicyclic) bond motifs is 1. The van der Waals surface area contributed by atoms with E-state index in [9.17, 15) is 0 Å². The Bertz CT molecular complexity index is 1170. The van der Waals surface area contributed by atoms with Gasteiger partial charge >= 0.3 is 0 Å². The average Bonchev–Trinajstić information content (AvgIpc) is 3.34. The highest BCUT2D eigenvalue weighted by Gasteiger charge is 2.43. The zero-order chi connectivity index (χ0) is 25.3. The minimum absolute atomic E-state index is 0.142. The van der Waals surface area contributed by atoms with Gasteiger partial charge in [-0.3, -0.25) is 0 Å². The number of nitrogens with zero attached hydrogens (tertiary/aromatic N) is 2. The molecule has 0 bridgehead atoms. The van der Waals surface area contributed by atoms with Crippen LogP contribution in [0.15, 0.2) is 48.9 Å². The van der Waals surface area contributed by atoms with Crippen LogP contribution in [0.3, 0.4) is 0 Å². The SMILES string of the molecule is CC1(C)O[C@@H](/C=C/c2c[nH]c3c(NCc4ccccc4)ncnc23)[C@@H](CO[Si](C)(C)C(C)(C)C)O1. The van der Waals surface area contributed by atoms with Gasteiger partial charge in [0.1, 0.15) is 29.6 Å². The summed E-state index contributed by atoms with van der Waals surface area (Å²) >= 11 is 0. The van der Waals surface area contributed by atoms with E-state index in [2.05, 4.69) is 72.3 Å². The van der Waals surface area contributed by atoms with Crippen molar-refractivity contribution in [3.63, 3.8) is 0 Å². The Morgan fingerprint density at radius 3 is 2.60 bits per heavy atom. The van der Waals surface area contributed by atoms with Crippen molar-refractivity contribution in [1.29, 1.82) is 0 Å². The summed E-state index contributed by atoms with van der Waals surface area (Å²) in [5.74, 6) is 0.119. The zero-order valence-electron chi connectivity index (χ0n) is 21.9. The molecule has 0 unspecified atom stereocenters. The lowest BCUT2D eigenvalue weighted by Crippen LogP contribution is -2.43. The van der Waals surface area contributed by atoms with Crippen LogP contribution in [-0.2, 0) is 20.4 Å². The van der Waals surface area contributed by atoms with E-state index in [0.717, 1.165) is 22.4 Å². The van der Waals surface area contributed by atoms with Crippen molar-refractivity contribution >= 4 is 31.2 Å². The van der Waals surface area contributed by atoms with Gasteiger partial charge in [-0.05, 0) is 37.5 Å². The molecule has 8 heteroatoms. The Balaban J connectivity index is 1.48. The summed E-state index contributed by atoms with van der Waals surface area (Å²) in [5, 5.41) is 3.55. The van der Waals surface area contributed by atoms with Crippen LogP contribution in [0.4, 0.5) is 5.82 Å². The van der Waals surface area contributed by atoms with E-state index in [1.807, 2.05) is 44.3 Å². The number of benzene rings is 1. The molecule has 0 spiro atoms. The van der Waals surface area contributed by atoms with Crippen LogP contribution in [0.5, 0.6) is 0 Å². The van der Waals surface area contributed by atoms with E-state index in [1.165, 1.54) is 5.56 Å². The first-order valence-electron chi connectivity index (χ1n) is 12.2. The molecule has 1 aromatic carbocycles. The average molecular weight is 495 g/mol. The number of ether oxygens (including phenoxy) is 2. The van der Waals surface area contributed by atoms with Crippen LogP contribution in [0.2, 0.25) is 18.1 Å². The fraction of sp³-hybridized carbons (Fsp3) is 0.481. The van der Waals surface area contributed by atoms with Gasteiger partial charge < -0.3 is 24.2 Å². The Morgan fingerprint density at radius 2 is 1.89 bits per heavy atom. The largest absolute Gasteiger partial charge is 0.414 e. The lowest BCUT2D eigenvalue weighted by molar-refractivity contribution is -0.145. The molecule has 188 valence electrons. The minimum Gasteiger partial charge on any atom is -0.414 e. The number of H-pyrrole nitrogens is 1.